The molecule has 0 amide bonds. The zero-order valence-electron chi connectivity index (χ0n) is 11.3. The van der Waals surface area contributed by atoms with Crippen molar-refractivity contribution in [2.45, 2.75) is 4.90 Å². The molecule has 0 atom stereocenters. The summed E-state index contributed by atoms with van der Waals surface area (Å²) in [6, 6.07) is 8.82. The summed E-state index contributed by atoms with van der Waals surface area (Å²) in [5.41, 5.74) is 0.0543. The summed E-state index contributed by atoms with van der Waals surface area (Å²) in [5, 5.41) is 9.02. The number of rotatable bonds is 1. The topological polar surface area (TPSA) is 83.9 Å². The largest absolute Gasteiger partial charge is 0.478 e. The first-order chi connectivity index (χ1) is 10.3. The van der Waals surface area contributed by atoms with Crippen molar-refractivity contribution in [3.63, 3.8) is 0 Å². The molecule has 1 aliphatic heterocycles. The fraction of sp³-hybridized carbons (Fsp3) is 0.0714. The highest BCUT2D eigenvalue weighted by Gasteiger charge is 2.32. The van der Waals surface area contributed by atoms with Crippen LogP contribution >= 0.6 is 11.6 Å². The van der Waals surface area contributed by atoms with Gasteiger partial charge in [0, 0.05) is 13.1 Å². The monoisotopic (exact) mass is 339 g/mol. The van der Waals surface area contributed by atoms with E-state index in [0.717, 1.165) is 10.4 Å². The fourth-order valence-electron chi connectivity index (χ4n) is 2.18. The van der Waals surface area contributed by atoms with Crippen LogP contribution in [0, 0.1) is 0 Å². The molecule has 0 aromatic heterocycles. The number of halogens is 1. The van der Waals surface area contributed by atoms with Crippen LogP contribution in [-0.2, 0) is 10.0 Å². The molecule has 0 fully saturated rings. The van der Waals surface area contributed by atoms with Crippen LogP contribution < -0.4 is 9.04 Å². The Hall–Kier alpha value is -2.25. The second kappa shape index (κ2) is 4.89. The Morgan fingerprint density at radius 3 is 2.59 bits per heavy atom. The van der Waals surface area contributed by atoms with Gasteiger partial charge in [0.15, 0.2) is 5.75 Å². The Kier molecular flexibility index (Phi) is 3.26. The normalized spacial score (nSPS) is 15.3. The number of anilines is 1. The van der Waals surface area contributed by atoms with E-state index in [0.29, 0.717) is 11.4 Å². The van der Waals surface area contributed by atoms with E-state index in [1.807, 2.05) is 0 Å². The average molecular weight is 340 g/mol. The SMILES string of the molecule is CN1c2ccccc2Oc2cc(Cl)c(C(=O)O)cc2S1(=O)=O. The van der Waals surface area contributed by atoms with Crippen LogP contribution in [0.1, 0.15) is 10.4 Å². The molecule has 3 rings (SSSR count). The molecular weight excluding hydrogens is 330 g/mol. The van der Waals surface area contributed by atoms with Crippen molar-refractivity contribution in [3.05, 3.63) is 47.0 Å². The minimum atomic E-state index is -3.96. The molecule has 0 radical (unpaired) electrons. The first-order valence-electron chi connectivity index (χ1n) is 6.15. The van der Waals surface area contributed by atoms with Gasteiger partial charge in [-0.2, -0.15) is 0 Å². The molecule has 0 bridgehead atoms. The molecule has 1 heterocycles. The number of hydrogen-bond acceptors (Lipinski definition) is 4. The molecule has 22 heavy (non-hydrogen) atoms. The molecule has 1 aliphatic rings. The van der Waals surface area contributed by atoms with Crippen molar-refractivity contribution in [1.82, 2.24) is 0 Å². The van der Waals surface area contributed by atoms with E-state index in [1.54, 1.807) is 24.3 Å². The summed E-state index contributed by atoms with van der Waals surface area (Å²) in [5.74, 6) is -0.981. The number of carboxylic acids is 1. The molecule has 1 N–H and O–H groups in total. The number of fused-ring (bicyclic) bond motifs is 2. The maximum absolute atomic E-state index is 12.7. The number of para-hydroxylation sites is 2. The molecule has 2 aromatic carbocycles. The Balaban J connectivity index is 2.34. The van der Waals surface area contributed by atoms with Gasteiger partial charge < -0.3 is 9.84 Å². The molecule has 0 unspecified atom stereocenters. The van der Waals surface area contributed by atoms with Crippen molar-refractivity contribution >= 4 is 33.3 Å². The molecule has 2 aromatic rings. The number of sulfonamides is 1. The third kappa shape index (κ3) is 2.10. The number of benzene rings is 2. The van der Waals surface area contributed by atoms with Gasteiger partial charge in [0.05, 0.1) is 16.3 Å². The zero-order valence-corrected chi connectivity index (χ0v) is 12.9. The Morgan fingerprint density at radius 1 is 1.23 bits per heavy atom. The number of aromatic carboxylic acids is 1. The van der Waals surface area contributed by atoms with Crippen LogP contribution in [0.3, 0.4) is 0 Å². The highest BCUT2D eigenvalue weighted by molar-refractivity contribution is 7.93. The second-order valence-corrected chi connectivity index (χ2v) is 6.97. The smallest absolute Gasteiger partial charge is 0.337 e. The van der Waals surface area contributed by atoms with Gasteiger partial charge in [-0.15, -0.1) is 0 Å². The Morgan fingerprint density at radius 2 is 1.91 bits per heavy atom. The van der Waals surface area contributed by atoms with Crippen molar-refractivity contribution < 1.29 is 23.1 Å². The highest BCUT2D eigenvalue weighted by atomic mass is 35.5. The number of carboxylic acid groups (broad SMARTS) is 1. The van der Waals surface area contributed by atoms with E-state index in [2.05, 4.69) is 0 Å². The van der Waals surface area contributed by atoms with E-state index in [-0.39, 0.29) is 21.2 Å². The summed E-state index contributed by atoms with van der Waals surface area (Å²) in [6.07, 6.45) is 0. The van der Waals surface area contributed by atoms with Crippen LogP contribution in [-0.4, -0.2) is 26.5 Å². The van der Waals surface area contributed by atoms with Gasteiger partial charge >= 0.3 is 5.97 Å². The molecule has 6 nitrogen and oxygen atoms in total. The lowest BCUT2D eigenvalue weighted by molar-refractivity contribution is 0.0697. The predicted octanol–water partition coefficient (Wildman–Crippen LogP) is 2.97. The van der Waals surface area contributed by atoms with Crippen molar-refractivity contribution in [2.24, 2.45) is 0 Å². The van der Waals surface area contributed by atoms with E-state index >= 15 is 0 Å². The van der Waals surface area contributed by atoms with Gasteiger partial charge in [0.1, 0.15) is 10.6 Å². The molecule has 0 saturated heterocycles. The predicted molar refractivity (Wildman–Crippen MR) is 80.5 cm³/mol. The van der Waals surface area contributed by atoms with Crippen LogP contribution in [0.25, 0.3) is 0 Å². The maximum atomic E-state index is 12.7. The average Bonchev–Trinajstić information content (AvgIpc) is 2.53. The van der Waals surface area contributed by atoms with E-state index in [9.17, 15) is 13.2 Å². The summed E-state index contributed by atoms with van der Waals surface area (Å²) in [4.78, 5) is 10.9. The number of ether oxygens (including phenoxy) is 1. The summed E-state index contributed by atoms with van der Waals surface area (Å²) >= 11 is 5.90. The summed E-state index contributed by atoms with van der Waals surface area (Å²) in [6.45, 7) is 0. The highest BCUT2D eigenvalue weighted by Crippen LogP contribution is 2.43. The molecule has 8 heteroatoms. The second-order valence-electron chi connectivity index (χ2n) is 4.63. The van der Waals surface area contributed by atoms with Crippen molar-refractivity contribution in [1.29, 1.82) is 0 Å². The number of nitrogens with zero attached hydrogens (tertiary/aromatic N) is 1. The summed E-state index contributed by atoms with van der Waals surface area (Å²) in [7, 11) is -2.58. The molecule has 0 spiro atoms. The summed E-state index contributed by atoms with van der Waals surface area (Å²) < 4.78 is 32.0. The minimum absolute atomic E-state index is 0.00759. The Bertz CT molecular complexity index is 894. The van der Waals surface area contributed by atoms with Crippen LogP contribution in [0.15, 0.2) is 41.3 Å². The van der Waals surface area contributed by atoms with Gasteiger partial charge in [-0.25, -0.2) is 13.2 Å². The van der Waals surface area contributed by atoms with Gasteiger partial charge in [0.2, 0.25) is 0 Å². The van der Waals surface area contributed by atoms with E-state index < -0.39 is 16.0 Å². The van der Waals surface area contributed by atoms with Crippen LogP contribution in [0.4, 0.5) is 5.69 Å². The van der Waals surface area contributed by atoms with E-state index in [1.165, 1.54) is 13.1 Å². The van der Waals surface area contributed by atoms with E-state index in [4.69, 9.17) is 21.4 Å². The first kappa shape index (κ1) is 14.7. The van der Waals surface area contributed by atoms with Crippen molar-refractivity contribution in [3.8, 4) is 11.5 Å². The lowest BCUT2D eigenvalue weighted by atomic mass is 10.2. The molecule has 114 valence electrons. The van der Waals surface area contributed by atoms with Crippen LogP contribution in [0.2, 0.25) is 5.02 Å². The van der Waals surface area contributed by atoms with Gasteiger partial charge in [-0.1, -0.05) is 23.7 Å². The standard InChI is InChI=1S/C14H10ClNO5S/c1-16-10-4-2-3-5-11(10)21-12-7-9(15)8(14(17)18)6-13(12)22(16,19)20/h2-7H,1H3,(H,17,18). The van der Waals surface area contributed by atoms with Gasteiger partial charge in [-0.05, 0) is 18.2 Å². The number of hydrogen-bond donors (Lipinski definition) is 1. The quantitative estimate of drug-likeness (QED) is 0.863. The minimum Gasteiger partial charge on any atom is -0.478 e. The van der Waals surface area contributed by atoms with Crippen molar-refractivity contribution in [2.75, 3.05) is 11.4 Å². The van der Waals surface area contributed by atoms with Crippen LogP contribution in [0.5, 0.6) is 11.5 Å². The number of carbonyl (C=O) groups is 1. The maximum Gasteiger partial charge on any atom is 0.337 e. The lowest BCUT2D eigenvalue weighted by Gasteiger charge is -2.17. The molecule has 0 aliphatic carbocycles. The lowest BCUT2D eigenvalue weighted by Crippen LogP contribution is -2.25. The third-order valence-electron chi connectivity index (χ3n) is 3.33. The van der Waals surface area contributed by atoms with Gasteiger partial charge in [0.25, 0.3) is 10.0 Å². The third-order valence-corrected chi connectivity index (χ3v) is 5.43. The van der Waals surface area contributed by atoms with Gasteiger partial charge in [-0.3, -0.25) is 4.31 Å². The fourth-order valence-corrected chi connectivity index (χ4v) is 3.74. The first-order valence-corrected chi connectivity index (χ1v) is 7.97. The molecule has 0 saturated carbocycles. The zero-order chi connectivity index (χ0) is 16.1. The Labute approximate surface area is 131 Å². The molecular formula is C14H10ClNO5S.